The fourth-order valence-corrected chi connectivity index (χ4v) is 2.14. The van der Waals surface area contributed by atoms with Gasteiger partial charge < -0.3 is 16.8 Å². The summed E-state index contributed by atoms with van der Waals surface area (Å²) in [5.74, 6) is 0.342. The lowest BCUT2D eigenvalue weighted by molar-refractivity contribution is -0.117. The number of hydrogen-bond acceptors (Lipinski definition) is 3. The highest BCUT2D eigenvalue weighted by Crippen LogP contribution is 2.23. The van der Waals surface area contributed by atoms with Crippen LogP contribution in [0.2, 0.25) is 0 Å². The van der Waals surface area contributed by atoms with E-state index in [4.69, 9.17) is 11.5 Å². The van der Waals surface area contributed by atoms with Crippen LogP contribution >= 0.6 is 0 Å². The van der Waals surface area contributed by atoms with Gasteiger partial charge in [0.1, 0.15) is 0 Å². The number of nitrogens with one attached hydrogen (secondary N) is 1. The van der Waals surface area contributed by atoms with Crippen LogP contribution in [0.5, 0.6) is 0 Å². The molecule has 0 bridgehead atoms. The molecule has 5 N–H and O–H groups in total. The zero-order valence-electron chi connectivity index (χ0n) is 8.67. The van der Waals surface area contributed by atoms with E-state index in [9.17, 15) is 4.79 Å². The van der Waals surface area contributed by atoms with Gasteiger partial charge in [-0.15, -0.1) is 0 Å². The first-order valence-electron chi connectivity index (χ1n) is 5.45. The largest absolute Gasteiger partial charge is 0.370 e. The predicted molar refractivity (Wildman–Crippen MR) is 56.6 cm³/mol. The Balaban J connectivity index is 2.22. The van der Waals surface area contributed by atoms with E-state index in [-0.39, 0.29) is 5.91 Å². The topological polar surface area (TPSA) is 81.1 Å². The summed E-state index contributed by atoms with van der Waals surface area (Å²) in [5, 5.41) is 3.37. The maximum Gasteiger partial charge on any atom is 0.218 e. The summed E-state index contributed by atoms with van der Waals surface area (Å²) in [6, 6.07) is 0.494. The highest BCUT2D eigenvalue weighted by molar-refractivity contribution is 5.73. The van der Waals surface area contributed by atoms with Crippen molar-refractivity contribution in [2.75, 3.05) is 13.1 Å². The van der Waals surface area contributed by atoms with E-state index in [2.05, 4.69) is 5.32 Å². The Kier molecular flexibility index (Phi) is 4.90. The second kappa shape index (κ2) is 5.98. The molecule has 2 atom stereocenters. The second-order valence-corrected chi connectivity index (χ2v) is 4.06. The Labute approximate surface area is 85.4 Å². The maximum atomic E-state index is 10.5. The molecule has 1 aliphatic rings. The van der Waals surface area contributed by atoms with Gasteiger partial charge in [0, 0.05) is 19.0 Å². The van der Waals surface area contributed by atoms with E-state index >= 15 is 0 Å². The minimum atomic E-state index is -0.238. The first-order chi connectivity index (χ1) is 6.74. The molecule has 0 aliphatic heterocycles. The van der Waals surface area contributed by atoms with Crippen LogP contribution in [-0.4, -0.2) is 25.0 Å². The molecule has 1 amide bonds. The van der Waals surface area contributed by atoms with Crippen LogP contribution in [0.25, 0.3) is 0 Å². The van der Waals surface area contributed by atoms with Crippen molar-refractivity contribution < 1.29 is 4.79 Å². The maximum absolute atomic E-state index is 10.5. The summed E-state index contributed by atoms with van der Waals surface area (Å²) in [6.45, 7) is 1.44. The molecular formula is C10H21N3O. The lowest BCUT2D eigenvalue weighted by Crippen LogP contribution is -2.42. The molecule has 2 unspecified atom stereocenters. The quantitative estimate of drug-likeness (QED) is 0.581. The first-order valence-corrected chi connectivity index (χ1v) is 5.45. The van der Waals surface area contributed by atoms with Crippen molar-refractivity contribution in [1.29, 1.82) is 0 Å². The zero-order valence-corrected chi connectivity index (χ0v) is 8.67. The van der Waals surface area contributed by atoms with Gasteiger partial charge in [0.15, 0.2) is 0 Å². The van der Waals surface area contributed by atoms with Gasteiger partial charge in [-0.2, -0.15) is 0 Å². The minimum Gasteiger partial charge on any atom is -0.370 e. The molecule has 0 aromatic rings. The summed E-state index contributed by atoms with van der Waals surface area (Å²) in [4.78, 5) is 10.5. The van der Waals surface area contributed by atoms with Crippen LogP contribution in [0.15, 0.2) is 0 Å². The number of amides is 1. The number of primary amides is 1. The predicted octanol–water partition coefficient (Wildman–Crippen LogP) is -0.0311. The molecule has 14 heavy (non-hydrogen) atoms. The normalized spacial score (nSPS) is 27.5. The molecule has 82 valence electrons. The minimum absolute atomic E-state index is 0.238. The Morgan fingerprint density at radius 3 is 2.71 bits per heavy atom. The number of nitrogens with two attached hydrogens (primary N) is 2. The summed E-state index contributed by atoms with van der Waals surface area (Å²) in [6.07, 6.45) is 5.37. The van der Waals surface area contributed by atoms with Gasteiger partial charge in [-0.1, -0.05) is 12.8 Å². The molecule has 4 heteroatoms. The third-order valence-electron chi connectivity index (χ3n) is 2.99. The molecule has 0 radical (unpaired) electrons. The van der Waals surface area contributed by atoms with Crippen LogP contribution in [0.1, 0.15) is 32.1 Å². The van der Waals surface area contributed by atoms with E-state index in [0.717, 1.165) is 6.54 Å². The third-order valence-corrected chi connectivity index (χ3v) is 2.99. The van der Waals surface area contributed by atoms with Crippen LogP contribution in [-0.2, 0) is 4.79 Å². The molecule has 1 aliphatic carbocycles. The fraction of sp³-hybridized carbons (Fsp3) is 0.900. The molecule has 0 aromatic heterocycles. The van der Waals surface area contributed by atoms with Crippen molar-refractivity contribution in [3.05, 3.63) is 0 Å². The molecule has 0 aromatic carbocycles. The van der Waals surface area contributed by atoms with E-state index < -0.39 is 0 Å². The van der Waals surface area contributed by atoms with E-state index in [1.165, 1.54) is 25.7 Å². The molecule has 0 spiro atoms. The summed E-state index contributed by atoms with van der Waals surface area (Å²) in [5.41, 5.74) is 10.8. The SMILES string of the molecule is NCC1CCCCC1NCCC(N)=O. The van der Waals surface area contributed by atoms with Gasteiger partial charge in [0.05, 0.1) is 0 Å². The molecule has 0 heterocycles. The Hall–Kier alpha value is -0.610. The van der Waals surface area contributed by atoms with Crippen molar-refractivity contribution in [1.82, 2.24) is 5.32 Å². The Morgan fingerprint density at radius 1 is 1.36 bits per heavy atom. The van der Waals surface area contributed by atoms with Gasteiger partial charge in [-0.25, -0.2) is 0 Å². The number of rotatable bonds is 5. The fourth-order valence-electron chi connectivity index (χ4n) is 2.14. The summed E-state index contributed by atoms with van der Waals surface area (Å²) >= 11 is 0. The zero-order chi connectivity index (χ0) is 10.4. The van der Waals surface area contributed by atoms with Crippen LogP contribution in [0.3, 0.4) is 0 Å². The molecule has 4 nitrogen and oxygen atoms in total. The van der Waals surface area contributed by atoms with Crippen LogP contribution < -0.4 is 16.8 Å². The monoisotopic (exact) mass is 199 g/mol. The highest BCUT2D eigenvalue weighted by Gasteiger charge is 2.22. The van der Waals surface area contributed by atoms with Crippen LogP contribution in [0.4, 0.5) is 0 Å². The average molecular weight is 199 g/mol. The first kappa shape index (κ1) is 11.5. The molecule has 0 saturated heterocycles. The number of hydrogen-bond donors (Lipinski definition) is 3. The number of carbonyl (C=O) groups is 1. The third kappa shape index (κ3) is 3.64. The van der Waals surface area contributed by atoms with Gasteiger partial charge >= 0.3 is 0 Å². The van der Waals surface area contributed by atoms with Crippen molar-refractivity contribution >= 4 is 5.91 Å². The van der Waals surface area contributed by atoms with Gasteiger partial charge in [-0.3, -0.25) is 4.79 Å². The van der Waals surface area contributed by atoms with Crippen molar-refractivity contribution in [2.45, 2.75) is 38.1 Å². The molecule has 1 rings (SSSR count). The van der Waals surface area contributed by atoms with Gasteiger partial charge in [0.2, 0.25) is 5.91 Å². The molecule has 1 saturated carbocycles. The van der Waals surface area contributed by atoms with E-state index in [1.54, 1.807) is 0 Å². The lowest BCUT2D eigenvalue weighted by atomic mass is 9.84. The van der Waals surface area contributed by atoms with Gasteiger partial charge in [0.25, 0.3) is 0 Å². The van der Waals surface area contributed by atoms with Crippen molar-refractivity contribution in [3.63, 3.8) is 0 Å². The Bertz CT molecular complexity index is 184. The summed E-state index contributed by atoms with van der Waals surface area (Å²) in [7, 11) is 0. The molecular weight excluding hydrogens is 178 g/mol. The summed E-state index contributed by atoms with van der Waals surface area (Å²) < 4.78 is 0. The van der Waals surface area contributed by atoms with Crippen molar-refractivity contribution in [2.24, 2.45) is 17.4 Å². The van der Waals surface area contributed by atoms with Gasteiger partial charge in [-0.05, 0) is 25.3 Å². The standard InChI is InChI=1S/C10H21N3O/c11-7-8-3-1-2-4-9(8)13-6-5-10(12)14/h8-9,13H,1-7,11H2,(H2,12,14). The number of carbonyl (C=O) groups excluding carboxylic acids is 1. The molecule has 1 fully saturated rings. The lowest BCUT2D eigenvalue weighted by Gasteiger charge is -2.31. The van der Waals surface area contributed by atoms with Crippen molar-refractivity contribution in [3.8, 4) is 0 Å². The van der Waals surface area contributed by atoms with E-state index in [0.29, 0.717) is 24.9 Å². The van der Waals surface area contributed by atoms with Crippen LogP contribution in [0, 0.1) is 5.92 Å². The Morgan fingerprint density at radius 2 is 2.07 bits per heavy atom. The second-order valence-electron chi connectivity index (χ2n) is 4.06. The highest BCUT2D eigenvalue weighted by atomic mass is 16.1. The average Bonchev–Trinajstić information content (AvgIpc) is 2.18. The van der Waals surface area contributed by atoms with E-state index in [1.807, 2.05) is 0 Å². The smallest absolute Gasteiger partial charge is 0.218 e.